The molecule has 3 aliphatic carbocycles. The van der Waals surface area contributed by atoms with Crippen molar-refractivity contribution >= 4 is 49.9 Å². The van der Waals surface area contributed by atoms with Crippen LogP contribution in [-0.2, 0) is 16.2 Å². The van der Waals surface area contributed by atoms with Crippen molar-refractivity contribution in [2.75, 3.05) is 6.61 Å². The maximum Gasteiger partial charge on any atom is 0.254 e. The number of fused-ring (bicyclic) bond motifs is 1. The zero-order valence-corrected chi connectivity index (χ0v) is 21.8. The molecule has 0 spiro atoms. The summed E-state index contributed by atoms with van der Waals surface area (Å²) in [5.41, 5.74) is 1.72. The summed E-state index contributed by atoms with van der Waals surface area (Å²) in [4.78, 5) is 26.0. The van der Waals surface area contributed by atoms with Gasteiger partial charge in [0.15, 0.2) is 11.5 Å². The molecule has 2 amide bonds. The van der Waals surface area contributed by atoms with Gasteiger partial charge in [0.2, 0.25) is 0 Å². The van der Waals surface area contributed by atoms with Gasteiger partial charge in [-0.15, -0.1) is 0 Å². The Kier molecular flexibility index (Phi) is 6.62. The molecule has 0 aromatic heterocycles. The average Bonchev–Trinajstić information content (AvgIpc) is 3.11. The summed E-state index contributed by atoms with van der Waals surface area (Å²) in [7, 11) is 0. The van der Waals surface area contributed by atoms with Gasteiger partial charge in [-0.25, -0.2) is 0 Å². The van der Waals surface area contributed by atoms with Gasteiger partial charge in [0.25, 0.3) is 11.8 Å². The molecule has 0 radical (unpaired) electrons. The second-order valence-corrected chi connectivity index (χ2v) is 10.5. The number of hydrogen-bond acceptors (Lipinski definition) is 5. The number of nitrogens with zero attached hydrogens (tertiary/aromatic N) is 2. The van der Waals surface area contributed by atoms with E-state index in [0.717, 1.165) is 27.9 Å². The highest BCUT2D eigenvalue weighted by Gasteiger charge is 2.56. The second kappa shape index (κ2) is 9.66. The van der Waals surface area contributed by atoms with Crippen molar-refractivity contribution in [1.82, 2.24) is 5.01 Å². The summed E-state index contributed by atoms with van der Waals surface area (Å²) in [6.45, 7) is 2.75. The predicted molar refractivity (Wildman–Crippen MR) is 136 cm³/mol. The van der Waals surface area contributed by atoms with Gasteiger partial charge in [0.1, 0.15) is 6.61 Å². The molecule has 4 atom stereocenters. The Hall–Kier alpha value is -2.45. The fourth-order valence-electron chi connectivity index (χ4n) is 5.10. The summed E-state index contributed by atoms with van der Waals surface area (Å²) < 4.78 is 13.6. The van der Waals surface area contributed by atoms with E-state index in [1.165, 1.54) is 6.21 Å². The molecule has 2 aromatic carbocycles. The summed E-state index contributed by atoms with van der Waals surface area (Å²) in [5.74, 6) is 0.518. The van der Waals surface area contributed by atoms with E-state index in [2.05, 4.69) is 49.1 Å². The van der Waals surface area contributed by atoms with E-state index < -0.39 is 0 Å². The van der Waals surface area contributed by atoms with Gasteiger partial charge in [-0.3, -0.25) is 9.59 Å². The van der Waals surface area contributed by atoms with Crippen LogP contribution in [0.5, 0.6) is 11.5 Å². The molecule has 34 heavy (non-hydrogen) atoms. The topological polar surface area (TPSA) is 68.2 Å². The van der Waals surface area contributed by atoms with Gasteiger partial charge < -0.3 is 9.47 Å². The summed E-state index contributed by atoms with van der Waals surface area (Å²) in [6, 6.07) is 11.6. The maximum absolute atomic E-state index is 13.0. The molecule has 1 heterocycles. The highest BCUT2D eigenvalue weighted by molar-refractivity contribution is 9.10. The van der Waals surface area contributed by atoms with E-state index in [9.17, 15) is 9.59 Å². The summed E-state index contributed by atoms with van der Waals surface area (Å²) in [5, 5.41) is 5.38. The van der Waals surface area contributed by atoms with Crippen LogP contribution < -0.4 is 9.47 Å². The van der Waals surface area contributed by atoms with Crippen molar-refractivity contribution in [3.05, 3.63) is 68.6 Å². The first-order chi connectivity index (χ1) is 16.5. The van der Waals surface area contributed by atoms with Crippen LogP contribution in [0, 0.1) is 23.7 Å². The van der Waals surface area contributed by atoms with Crippen molar-refractivity contribution in [3.8, 4) is 11.5 Å². The number of carbonyl (C=O) groups is 2. The Morgan fingerprint density at radius 3 is 2.24 bits per heavy atom. The average molecular weight is 588 g/mol. The normalized spacial score (nSPS) is 25.3. The van der Waals surface area contributed by atoms with Crippen molar-refractivity contribution < 1.29 is 19.1 Å². The second-order valence-electron chi connectivity index (χ2n) is 8.75. The number of allylic oxidation sites excluding steroid dienone is 2. The van der Waals surface area contributed by atoms with Gasteiger partial charge in [-0.1, -0.05) is 40.2 Å². The molecule has 2 bridgehead atoms. The molecule has 176 valence electrons. The standard InChI is InChI=1S/C26H24Br2N2O4/c1-2-33-21-12-16(11-20(28)24(21)34-14-15-3-9-19(27)10-4-15)13-29-30-25(31)22-17-5-6-18(8-7-17)23(22)26(30)32/h3-6,9-13,17-18,22-23H,2,7-8,14H2,1H3/b29-13-/t17-,18-,22-,23+/m0/s1. The number of ether oxygens (including phenoxy) is 2. The quantitative estimate of drug-likeness (QED) is 0.236. The number of hydrazone groups is 1. The maximum atomic E-state index is 13.0. The van der Waals surface area contributed by atoms with Crippen LogP contribution in [0.3, 0.4) is 0 Å². The molecule has 1 aliphatic heterocycles. The summed E-state index contributed by atoms with van der Waals surface area (Å²) >= 11 is 7.01. The Morgan fingerprint density at radius 2 is 1.65 bits per heavy atom. The number of imide groups is 1. The molecule has 1 saturated heterocycles. The monoisotopic (exact) mass is 586 g/mol. The first kappa shape index (κ1) is 23.3. The largest absolute Gasteiger partial charge is 0.490 e. The predicted octanol–water partition coefficient (Wildman–Crippen LogP) is 5.72. The molecular formula is C26H24Br2N2O4. The Morgan fingerprint density at radius 1 is 1.00 bits per heavy atom. The third-order valence-electron chi connectivity index (χ3n) is 6.69. The number of amides is 2. The minimum Gasteiger partial charge on any atom is -0.490 e. The van der Waals surface area contributed by atoms with E-state index in [-0.39, 0.29) is 35.5 Å². The van der Waals surface area contributed by atoms with E-state index in [0.29, 0.717) is 34.7 Å². The zero-order valence-electron chi connectivity index (χ0n) is 18.6. The lowest BCUT2D eigenvalue weighted by molar-refractivity contribution is -0.140. The fourth-order valence-corrected chi connectivity index (χ4v) is 5.94. The molecule has 6 nitrogen and oxygen atoms in total. The lowest BCUT2D eigenvalue weighted by Crippen LogP contribution is -2.38. The highest BCUT2D eigenvalue weighted by Crippen LogP contribution is 2.49. The van der Waals surface area contributed by atoms with Crippen molar-refractivity contribution in [3.63, 3.8) is 0 Å². The molecule has 4 aliphatic rings. The number of halogens is 2. The molecule has 0 N–H and O–H groups in total. The van der Waals surface area contributed by atoms with E-state index in [4.69, 9.17) is 9.47 Å². The smallest absolute Gasteiger partial charge is 0.254 e. The summed E-state index contributed by atoms with van der Waals surface area (Å²) in [6.07, 6.45) is 7.67. The van der Waals surface area contributed by atoms with Gasteiger partial charge in [-0.2, -0.15) is 10.1 Å². The third kappa shape index (κ3) is 4.33. The Bertz CT molecular complexity index is 1150. The minimum atomic E-state index is -0.270. The molecule has 2 aromatic rings. The molecule has 8 heteroatoms. The van der Waals surface area contributed by atoms with Crippen LogP contribution in [0.25, 0.3) is 0 Å². The first-order valence-electron chi connectivity index (χ1n) is 11.4. The molecule has 6 rings (SSSR count). The minimum absolute atomic E-state index is 0.146. The molecule has 0 unspecified atom stereocenters. The van der Waals surface area contributed by atoms with Crippen LogP contribution in [0.15, 0.2) is 62.6 Å². The fraction of sp³-hybridized carbons (Fsp3) is 0.346. The number of carbonyl (C=O) groups excluding carboxylic acids is 2. The lowest BCUT2D eigenvalue weighted by Gasteiger charge is -2.37. The van der Waals surface area contributed by atoms with Gasteiger partial charge >= 0.3 is 0 Å². The van der Waals surface area contributed by atoms with Crippen LogP contribution in [0.1, 0.15) is 30.9 Å². The molecule has 1 saturated carbocycles. The SMILES string of the molecule is CCOc1cc(/C=N\N2C(=O)[C@@H]3[C@H](C2=O)[C@H]2C=C[C@H]3CC2)cc(Br)c1OCc1ccc(Br)cc1. The van der Waals surface area contributed by atoms with E-state index >= 15 is 0 Å². The lowest BCUT2D eigenvalue weighted by atomic mass is 9.63. The van der Waals surface area contributed by atoms with Crippen LogP contribution in [0.2, 0.25) is 0 Å². The van der Waals surface area contributed by atoms with Gasteiger partial charge in [-0.05, 0) is 82.9 Å². The van der Waals surface area contributed by atoms with E-state index in [1.807, 2.05) is 37.3 Å². The third-order valence-corrected chi connectivity index (χ3v) is 7.80. The zero-order chi connectivity index (χ0) is 23.8. The molecular weight excluding hydrogens is 564 g/mol. The van der Waals surface area contributed by atoms with Crippen molar-refractivity contribution in [2.24, 2.45) is 28.8 Å². The van der Waals surface area contributed by atoms with Crippen LogP contribution in [-0.4, -0.2) is 29.6 Å². The number of rotatable bonds is 7. The Labute approximate surface area is 215 Å². The number of hydrogen-bond donors (Lipinski definition) is 0. The van der Waals surface area contributed by atoms with Crippen molar-refractivity contribution in [2.45, 2.75) is 26.4 Å². The van der Waals surface area contributed by atoms with Gasteiger partial charge in [0.05, 0.1) is 29.1 Å². The van der Waals surface area contributed by atoms with Gasteiger partial charge in [0, 0.05) is 4.47 Å². The first-order valence-corrected chi connectivity index (χ1v) is 13.0. The number of benzene rings is 2. The molecule has 2 fully saturated rings. The van der Waals surface area contributed by atoms with Crippen molar-refractivity contribution in [1.29, 1.82) is 0 Å². The Balaban J connectivity index is 1.35. The van der Waals surface area contributed by atoms with E-state index in [1.54, 1.807) is 6.07 Å². The van der Waals surface area contributed by atoms with Crippen LogP contribution in [0.4, 0.5) is 0 Å². The highest BCUT2D eigenvalue weighted by atomic mass is 79.9. The van der Waals surface area contributed by atoms with Crippen LogP contribution >= 0.6 is 31.9 Å².